The molecule has 1 unspecified atom stereocenters. The van der Waals surface area contributed by atoms with E-state index >= 15 is 0 Å². The van der Waals surface area contributed by atoms with E-state index in [2.05, 4.69) is 6.07 Å². The molecule has 80 valence electrons. The lowest BCUT2D eigenvalue weighted by atomic mass is 10.1. The highest BCUT2D eigenvalue weighted by atomic mass is 35.5. The minimum atomic E-state index is -0.479. The van der Waals surface area contributed by atoms with E-state index in [-0.39, 0.29) is 12.4 Å². The van der Waals surface area contributed by atoms with Crippen LogP contribution in [0.5, 0.6) is 0 Å². The number of nitrogens with two attached hydrogens (primary N) is 1. The fourth-order valence-electron chi connectivity index (χ4n) is 1.57. The first-order chi connectivity index (χ1) is 6.74. The molecule has 15 heavy (non-hydrogen) atoms. The van der Waals surface area contributed by atoms with Gasteiger partial charge in [-0.05, 0) is 23.9 Å². The Labute approximate surface area is 98.5 Å². The van der Waals surface area contributed by atoms with Crippen LogP contribution in [0.1, 0.15) is 16.5 Å². The van der Waals surface area contributed by atoms with Crippen molar-refractivity contribution in [1.82, 2.24) is 0 Å². The van der Waals surface area contributed by atoms with Crippen molar-refractivity contribution in [3.63, 3.8) is 0 Å². The van der Waals surface area contributed by atoms with Crippen molar-refractivity contribution in [3.8, 4) is 0 Å². The highest BCUT2D eigenvalue weighted by Gasteiger charge is 2.13. The van der Waals surface area contributed by atoms with Crippen LogP contribution in [0.4, 0.5) is 0 Å². The van der Waals surface area contributed by atoms with E-state index in [0.717, 1.165) is 16.7 Å². The lowest BCUT2D eigenvalue weighted by Crippen LogP contribution is -2.10. The summed E-state index contributed by atoms with van der Waals surface area (Å²) in [6.45, 7) is 2.01. The molecule has 0 bridgehead atoms. The van der Waals surface area contributed by atoms with Gasteiger partial charge in [0, 0.05) is 9.58 Å². The van der Waals surface area contributed by atoms with E-state index in [4.69, 9.17) is 5.73 Å². The number of rotatable bonds is 2. The molecule has 1 atom stereocenters. The second-order valence-corrected chi connectivity index (χ2v) is 4.33. The Kier molecular flexibility index (Phi) is 3.85. The fourth-order valence-corrected chi connectivity index (χ4v) is 2.74. The van der Waals surface area contributed by atoms with Gasteiger partial charge in [-0.3, -0.25) is 0 Å². The molecule has 0 saturated heterocycles. The Hall–Kier alpha value is -0.900. The van der Waals surface area contributed by atoms with Crippen LogP contribution in [0.3, 0.4) is 0 Å². The summed E-state index contributed by atoms with van der Waals surface area (Å²) in [5.74, 6) is 0. The number of aldehydes is 1. The van der Waals surface area contributed by atoms with E-state index in [9.17, 15) is 4.79 Å². The van der Waals surface area contributed by atoms with Crippen LogP contribution in [0.25, 0.3) is 10.1 Å². The smallest absolute Gasteiger partial charge is 0.142 e. The molecule has 2 N–H and O–H groups in total. The molecule has 0 saturated carbocycles. The van der Waals surface area contributed by atoms with Gasteiger partial charge < -0.3 is 10.5 Å². The van der Waals surface area contributed by atoms with Crippen molar-refractivity contribution in [2.24, 2.45) is 5.73 Å². The Bertz CT molecular complexity index is 480. The minimum absolute atomic E-state index is 0. The molecule has 0 aliphatic rings. The van der Waals surface area contributed by atoms with Crippen molar-refractivity contribution in [3.05, 3.63) is 34.7 Å². The van der Waals surface area contributed by atoms with Crippen LogP contribution in [0, 0.1) is 6.92 Å². The molecule has 1 aromatic heterocycles. The molecule has 0 amide bonds. The number of carbonyl (C=O) groups is 1. The molecule has 0 radical (unpaired) electrons. The lowest BCUT2D eigenvalue weighted by molar-refractivity contribution is -0.108. The number of hydrogen-bond donors (Lipinski definition) is 1. The molecule has 4 heteroatoms. The van der Waals surface area contributed by atoms with E-state index in [1.807, 2.05) is 25.1 Å². The third kappa shape index (κ3) is 2.04. The van der Waals surface area contributed by atoms with Crippen LogP contribution in [0.2, 0.25) is 0 Å². The van der Waals surface area contributed by atoms with Gasteiger partial charge in [0.2, 0.25) is 0 Å². The lowest BCUT2D eigenvalue weighted by Gasteiger charge is -2.00. The van der Waals surface area contributed by atoms with Crippen molar-refractivity contribution in [2.45, 2.75) is 13.0 Å². The molecule has 0 aliphatic heterocycles. The first kappa shape index (κ1) is 12.2. The number of carbonyl (C=O) groups excluding carboxylic acids is 1. The van der Waals surface area contributed by atoms with Crippen LogP contribution in [-0.2, 0) is 4.79 Å². The third-order valence-corrected chi connectivity index (χ3v) is 3.70. The highest BCUT2D eigenvalue weighted by Crippen LogP contribution is 2.32. The summed E-state index contributed by atoms with van der Waals surface area (Å²) < 4.78 is 1.19. The Balaban J connectivity index is 0.00000112. The molecular weight excluding hydrogens is 230 g/mol. The average Bonchev–Trinajstić information content (AvgIpc) is 2.56. The van der Waals surface area contributed by atoms with Crippen LogP contribution in [-0.4, -0.2) is 6.29 Å². The normalized spacial score (nSPS) is 12.1. The van der Waals surface area contributed by atoms with Gasteiger partial charge in [0.05, 0.1) is 6.04 Å². The van der Waals surface area contributed by atoms with Gasteiger partial charge in [-0.25, -0.2) is 0 Å². The Morgan fingerprint density at radius 3 is 2.67 bits per heavy atom. The molecule has 1 aromatic carbocycles. The number of benzene rings is 1. The maximum absolute atomic E-state index is 10.6. The predicted molar refractivity (Wildman–Crippen MR) is 66.8 cm³/mol. The van der Waals surface area contributed by atoms with Crippen molar-refractivity contribution >= 4 is 40.1 Å². The number of aryl methyl sites for hydroxylation is 1. The molecule has 0 fully saturated rings. The molecule has 0 aliphatic carbocycles. The van der Waals surface area contributed by atoms with Crippen molar-refractivity contribution in [1.29, 1.82) is 0 Å². The standard InChI is InChI=1S/C11H11NOS.ClH/c1-7-8-4-2-3-5-10(8)14-11(7)9(12)6-13;/h2-6,9H,12H2,1H3;1H. The van der Waals surface area contributed by atoms with Crippen LogP contribution >= 0.6 is 23.7 Å². The topological polar surface area (TPSA) is 43.1 Å². The number of halogens is 1. The third-order valence-electron chi connectivity index (χ3n) is 2.33. The van der Waals surface area contributed by atoms with Gasteiger partial charge in [0.1, 0.15) is 6.29 Å². The molecule has 0 spiro atoms. The second kappa shape index (κ2) is 4.75. The van der Waals surface area contributed by atoms with Crippen LogP contribution in [0.15, 0.2) is 24.3 Å². The molecular formula is C11H12ClNOS. The zero-order valence-electron chi connectivity index (χ0n) is 8.27. The monoisotopic (exact) mass is 241 g/mol. The molecule has 2 aromatic rings. The van der Waals surface area contributed by atoms with Gasteiger partial charge in [0.25, 0.3) is 0 Å². The predicted octanol–water partition coefficient (Wildman–Crippen LogP) is 2.83. The summed E-state index contributed by atoms with van der Waals surface area (Å²) in [5.41, 5.74) is 6.83. The summed E-state index contributed by atoms with van der Waals surface area (Å²) in [4.78, 5) is 11.6. The van der Waals surface area contributed by atoms with E-state index in [1.54, 1.807) is 11.3 Å². The van der Waals surface area contributed by atoms with Crippen molar-refractivity contribution < 1.29 is 4.79 Å². The molecule has 2 rings (SSSR count). The maximum Gasteiger partial charge on any atom is 0.142 e. The van der Waals surface area contributed by atoms with Gasteiger partial charge in [-0.1, -0.05) is 18.2 Å². The van der Waals surface area contributed by atoms with E-state index < -0.39 is 6.04 Å². The van der Waals surface area contributed by atoms with Crippen molar-refractivity contribution in [2.75, 3.05) is 0 Å². The fraction of sp³-hybridized carbons (Fsp3) is 0.182. The van der Waals surface area contributed by atoms with E-state index in [0.29, 0.717) is 0 Å². The summed E-state index contributed by atoms with van der Waals surface area (Å²) in [7, 11) is 0. The van der Waals surface area contributed by atoms with Gasteiger partial charge in [-0.2, -0.15) is 0 Å². The van der Waals surface area contributed by atoms with Gasteiger partial charge >= 0.3 is 0 Å². The summed E-state index contributed by atoms with van der Waals surface area (Å²) >= 11 is 1.60. The summed E-state index contributed by atoms with van der Waals surface area (Å²) in [6.07, 6.45) is 0.789. The maximum atomic E-state index is 10.6. The number of thiophene rings is 1. The first-order valence-corrected chi connectivity index (χ1v) is 5.24. The van der Waals surface area contributed by atoms with Gasteiger partial charge in [-0.15, -0.1) is 23.7 Å². The zero-order valence-corrected chi connectivity index (χ0v) is 9.90. The zero-order chi connectivity index (χ0) is 10.1. The average molecular weight is 242 g/mol. The minimum Gasteiger partial charge on any atom is -0.317 e. The largest absolute Gasteiger partial charge is 0.317 e. The second-order valence-electron chi connectivity index (χ2n) is 3.25. The molecule has 1 heterocycles. The number of hydrogen-bond acceptors (Lipinski definition) is 3. The molecule has 2 nitrogen and oxygen atoms in total. The Morgan fingerprint density at radius 1 is 1.40 bits per heavy atom. The first-order valence-electron chi connectivity index (χ1n) is 4.43. The van der Waals surface area contributed by atoms with Gasteiger partial charge in [0.15, 0.2) is 0 Å². The van der Waals surface area contributed by atoms with E-state index in [1.165, 1.54) is 10.1 Å². The Morgan fingerprint density at radius 2 is 2.07 bits per heavy atom. The highest BCUT2D eigenvalue weighted by molar-refractivity contribution is 7.19. The summed E-state index contributed by atoms with van der Waals surface area (Å²) in [6, 6.07) is 7.62. The number of fused-ring (bicyclic) bond motifs is 1. The quantitative estimate of drug-likeness (QED) is 0.822. The SMILES string of the molecule is Cc1c(C(N)C=O)sc2ccccc12.Cl. The van der Waals surface area contributed by atoms with Crippen LogP contribution < -0.4 is 5.73 Å². The summed E-state index contributed by atoms with van der Waals surface area (Å²) in [5, 5.41) is 1.20.